The number of hydrogen-bond acceptors (Lipinski definition) is 3. The Morgan fingerprint density at radius 3 is 2.95 bits per heavy atom. The number of hydrogen-bond donors (Lipinski definition) is 0. The Kier molecular flexibility index (Phi) is 3.25. The second-order valence-electron chi connectivity index (χ2n) is 4.55. The predicted molar refractivity (Wildman–Crippen MR) is 77.7 cm³/mol. The molecule has 1 aliphatic rings. The lowest BCUT2D eigenvalue weighted by Crippen LogP contribution is -2.38. The molecular weight excluding hydrogens is 256 g/mol. The van der Waals surface area contributed by atoms with E-state index in [4.69, 9.17) is 0 Å². The van der Waals surface area contributed by atoms with Gasteiger partial charge in [-0.05, 0) is 24.3 Å². The third-order valence-corrected chi connectivity index (χ3v) is 4.23. The van der Waals surface area contributed by atoms with Crippen molar-refractivity contribution in [2.45, 2.75) is 17.1 Å². The normalized spacial score (nSPS) is 17.9. The number of amides is 1. The number of fused-ring (bicyclic) bond motifs is 1. The van der Waals surface area contributed by atoms with Crippen molar-refractivity contribution >= 4 is 23.4 Å². The summed E-state index contributed by atoms with van der Waals surface area (Å²) < 4.78 is 0. The summed E-state index contributed by atoms with van der Waals surface area (Å²) >= 11 is 1.82. The molecule has 2 heterocycles. The van der Waals surface area contributed by atoms with Crippen molar-refractivity contribution in [2.75, 3.05) is 11.4 Å². The van der Waals surface area contributed by atoms with Gasteiger partial charge in [0, 0.05) is 29.1 Å². The van der Waals surface area contributed by atoms with Gasteiger partial charge in [0.05, 0.1) is 11.3 Å². The fourth-order valence-electron chi connectivity index (χ4n) is 2.23. The zero-order valence-electron chi connectivity index (χ0n) is 10.6. The van der Waals surface area contributed by atoms with Crippen LogP contribution in [-0.4, -0.2) is 22.7 Å². The van der Waals surface area contributed by atoms with E-state index in [1.807, 2.05) is 40.9 Å². The monoisotopic (exact) mass is 270 g/mol. The summed E-state index contributed by atoms with van der Waals surface area (Å²) in [5, 5.41) is 0.399. The SMILES string of the molecule is CC1CN(C(=O)c2cccnc2)c2ccccc2S1. The van der Waals surface area contributed by atoms with E-state index in [0.29, 0.717) is 10.8 Å². The van der Waals surface area contributed by atoms with Gasteiger partial charge >= 0.3 is 0 Å². The molecule has 1 aliphatic heterocycles. The highest BCUT2D eigenvalue weighted by Gasteiger charge is 2.27. The van der Waals surface area contributed by atoms with Gasteiger partial charge in [0.1, 0.15) is 0 Å². The number of thioether (sulfide) groups is 1. The van der Waals surface area contributed by atoms with Gasteiger partial charge in [0.2, 0.25) is 0 Å². The van der Waals surface area contributed by atoms with E-state index in [2.05, 4.69) is 18.0 Å². The molecule has 1 amide bonds. The number of aromatic nitrogens is 1. The van der Waals surface area contributed by atoms with Gasteiger partial charge in [0.15, 0.2) is 0 Å². The molecule has 96 valence electrons. The lowest BCUT2D eigenvalue weighted by Gasteiger charge is -2.32. The Morgan fingerprint density at radius 2 is 2.16 bits per heavy atom. The van der Waals surface area contributed by atoms with Crippen LogP contribution in [-0.2, 0) is 0 Å². The standard InChI is InChI=1S/C15H14N2OS/c1-11-10-17(13-6-2-3-7-14(13)19-11)15(18)12-5-4-8-16-9-12/h2-9,11H,10H2,1H3. The first-order valence-corrected chi connectivity index (χ1v) is 7.11. The van der Waals surface area contributed by atoms with E-state index >= 15 is 0 Å². The lowest BCUT2D eigenvalue weighted by molar-refractivity contribution is 0.0986. The molecule has 1 unspecified atom stereocenters. The summed E-state index contributed by atoms with van der Waals surface area (Å²) in [5.41, 5.74) is 1.64. The van der Waals surface area contributed by atoms with Crippen LogP contribution in [0.2, 0.25) is 0 Å². The van der Waals surface area contributed by atoms with Crippen LogP contribution in [0.1, 0.15) is 17.3 Å². The average Bonchev–Trinajstić information content (AvgIpc) is 2.46. The minimum atomic E-state index is 0.0210. The van der Waals surface area contributed by atoms with Crippen molar-refractivity contribution < 1.29 is 4.79 Å². The Bertz CT molecular complexity index is 600. The summed E-state index contributed by atoms with van der Waals surface area (Å²) in [7, 11) is 0. The number of carbonyl (C=O) groups excluding carboxylic acids is 1. The van der Waals surface area contributed by atoms with Gasteiger partial charge in [-0.1, -0.05) is 19.1 Å². The van der Waals surface area contributed by atoms with Gasteiger partial charge in [0.25, 0.3) is 5.91 Å². The van der Waals surface area contributed by atoms with Gasteiger partial charge in [-0.2, -0.15) is 0 Å². The number of pyridine rings is 1. The van der Waals surface area contributed by atoms with Crippen LogP contribution in [0.25, 0.3) is 0 Å². The fourth-order valence-corrected chi connectivity index (χ4v) is 3.34. The quantitative estimate of drug-likeness (QED) is 0.797. The second-order valence-corrected chi connectivity index (χ2v) is 6.03. The van der Waals surface area contributed by atoms with E-state index in [9.17, 15) is 4.79 Å². The Balaban J connectivity index is 1.99. The highest BCUT2D eigenvalue weighted by molar-refractivity contribution is 8.00. The van der Waals surface area contributed by atoms with E-state index in [0.717, 1.165) is 12.2 Å². The van der Waals surface area contributed by atoms with E-state index < -0.39 is 0 Å². The maximum atomic E-state index is 12.6. The van der Waals surface area contributed by atoms with Gasteiger partial charge in [-0.3, -0.25) is 9.78 Å². The van der Waals surface area contributed by atoms with E-state index in [1.54, 1.807) is 18.5 Å². The van der Waals surface area contributed by atoms with E-state index in [-0.39, 0.29) is 5.91 Å². The van der Waals surface area contributed by atoms with Crippen LogP contribution in [0, 0.1) is 0 Å². The maximum Gasteiger partial charge on any atom is 0.259 e. The van der Waals surface area contributed by atoms with Gasteiger partial charge in [-0.15, -0.1) is 11.8 Å². The van der Waals surface area contributed by atoms with Crippen LogP contribution < -0.4 is 4.90 Å². The van der Waals surface area contributed by atoms with Crippen LogP contribution in [0.3, 0.4) is 0 Å². The first kappa shape index (κ1) is 12.2. The molecule has 3 rings (SSSR count). The van der Waals surface area contributed by atoms with Crippen molar-refractivity contribution in [2.24, 2.45) is 0 Å². The van der Waals surface area contributed by atoms with E-state index in [1.165, 1.54) is 4.90 Å². The maximum absolute atomic E-state index is 12.6. The van der Waals surface area contributed by atoms with Crippen molar-refractivity contribution in [1.29, 1.82) is 0 Å². The van der Waals surface area contributed by atoms with Gasteiger partial charge in [-0.25, -0.2) is 0 Å². The predicted octanol–water partition coefficient (Wildman–Crippen LogP) is 3.22. The molecule has 0 fully saturated rings. The molecule has 0 bridgehead atoms. The average molecular weight is 270 g/mol. The van der Waals surface area contributed by atoms with Crippen LogP contribution in [0.15, 0.2) is 53.7 Å². The third kappa shape index (κ3) is 2.36. The molecule has 2 aromatic rings. The number of para-hydroxylation sites is 1. The molecule has 3 nitrogen and oxygen atoms in total. The Labute approximate surface area is 116 Å². The van der Waals surface area contributed by atoms with Crippen molar-refractivity contribution in [3.8, 4) is 0 Å². The molecule has 0 saturated carbocycles. The smallest absolute Gasteiger partial charge is 0.259 e. The number of carbonyl (C=O) groups is 1. The van der Waals surface area contributed by atoms with Crippen molar-refractivity contribution in [3.05, 3.63) is 54.4 Å². The molecule has 19 heavy (non-hydrogen) atoms. The number of rotatable bonds is 1. The third-order valence-electron chi connectivity index (χ3n) is 3.08. The number of nitrogens with zero attached hydrogens (tertiary/aromatic N) is 2. The highest BCUT2D eigenvalue weighted by Crippen LogP contribution is 2.38. The van der Waals surface area contributed by atoms with Gasteiger partial charge < -0.3 is 4.90 Å². The first-order valence-electron chi connectivity index (χ1n) is 6.23. The second kappa shape index (κ2) is 5.05. The van der Waals surface area contributed by atoms with Crippen LogP contribution in [0.4, 0.5) is 5.69 Å². The first-order chi connectivity index (χ1) is 9.25. The zero-order valence-corrected chi connectivity index (χ0v) is 11.4. The Morgan fingerprint density at radius 1 is 1.32 bits per heavy atom. The molecule has 1 aromatic carbocycles. The van der Waals surface area contributed by atoms with Crippen molar-refractivity contribution in [1.82, 2.24) is 4.98 Å². The summed E-state index contributed by atoms with van der Waals surface area (Å²) in [6.45, 7) is 2.87. The molecule has 0 saturated heterocycles. The minimum absolute atomic E-state index is 0.0210. The summed E-state index contributed by atoms with van der Waals surface area (Å²) in [5.74, 6) is 0.0210. The summed E-state index contributed by atoms with van der Waals surface area (Å²) in [6.07, 6.45) is 3.30. The molecule has 1 aromatic heterocycles. The topological polar surface area (TPSA) is 33.2 Å². The van der Waals surface area contributed by atoms with Crippen LogP contribution in [0.5, 0.6) is 0 Å². The molecule has 0 N–H and O–H groups in total. The minimum Gasteiger partial charge on any atom is -0.306 e. The van der Waals surface area contributed by atoms with Crippen molar-refractivity contribution in [3.63, 3.8) is 0 Å². The lowest BCUT2D eigenvalue weighted by atomic mass is 10.2. The summed E-state index contributed by atoms with van der Waals surface area (Å²) in [4.78, 5) is 19.6. The zero-order chi connectivity index (χ0) is 13.2. The largest absolute Gasteiger partial charge is 0.306 e. The summed E-state index contributed by atoms with van der Waals surface area (Å²) in [6, 6.07) is 11.7. The molecule has 1 atom stereocenters. The van der Waals surface area contributed by atoms with Crippen LogP contribution >= 0.6 is 11.8 Å². The fraction of sp³-hybridized carbons (Fsp3) is 0.200. The molecule has 0 aliphatic carbocycles. The number of anilines is 1. The molecule has 0 spiro atoms. The molecule has 0 radical (unpaired) electrons. The molecule has 4 heteroatoms. The molecular formula is C15H14N2OS. The number of benzene rings is 1. The highest BCUT2D eigenvalue weighted by atomic mass is 32.2. The Hall–Kier alpha value is -1.81.